The molecule has 0 atom stereocenters. The Bertz CT molecular complexity index is 1350. The summed E-state index contributed by atoms with van der Waals surface area (Å²) < 4.78 is 12.7. The molecule has 1 aliphatic rings. The normalized spacial score (nSPS) is 17.8. The number of rotatable bonds is 6. The van der Waals surface area contributed by atoms with Gasteiger partial charge in [0.1, 0.15) is 5.52 Å². The molecule has 0 unspecified atom stereocenters. The van der Waals surface area contributed by atoms with Gasteiger partial charge in [0.15, 0.2) is 28.8 Å². The van der Waals surface area contributed by atoms with E-state index >= 15 is 0 Å². The molecule has 3 aromatic heterocycles. The molecule has 0 saturated heterocycles. The van der Waals surface area contributed by atoms with E-state index in [4.69, 9.17) is 20.2 Å². The van der Waals surface area contributed by atoms with E-state index in [2.05, 4.69) is 24.8 Å². The number of carbonyl (C=O) groups is 1. The van der Waals surface area contributed by atoms with Crippen LogP contribution in [0.1, 0.15) is 31.7 Å². The zero-order valence-corrected chi connectivity index (χ0v) is 19.6. The number of methoxy groups -OCH3 is 2. The fourth-order valence-corrected chi connectivity index (χ4v) is 4.61. The standard InChI is InChI=1S/C25H27N7O3/c1-34-19-8-5-17(13-20(19)35-2)29-25(33)16-3-6-18(7-4-16)32-14-28-21-22(26)30-23(31-24(21)32)15-9-11-27-12-10-15/h5,8-14,16,18H,3-4,6-7H2,1-2H3,(H,29,33)(H2,26,30,31)/t16-,18+. The first-order valence-electron chi connectivity index (χ1n) is 11.5. The van der Waals surface area contributed by atoms with E-state index in [1.165, 1.54) is 0 Å². The maximum absolute atomic E-state index is 12.9. The van der Waals surface area contributed by atoms with Gasteiger partial charge in [-0.15, -0.1) is 0 Å². The highest BCUT2D eigenvalue weighted by Crippen LogP contribution is 2.36. The maximum Gasteiger partial charge on any atom is 0.227 e. The number of pyridine rings is 1. The lowest BCUT2D eigenvalue weighted by Gasteiger charge is -2.28. The molecular weight excluding hydrogens is 446 g/mol. The summed E-state index contributed by atoms with van der Waals surface area (Å²) in [7, 11) is 3.15. The number of hydrogen-bond acceptors (Lipinski definition) is 8. The van der Waals surface area contributed by atoms with Gasteiger partial charge in [0.05, 0.1) is 20.5 Å². The Morgan fingerprint density at radius 2 is 1.77 bits per heavy atom. The van der Waals surface area contributed by atoms with Crippen LogP contribution < -0.4 is 20.5 Å². The topological polar surface area (TPSA) is 130 Å². The number of fused-ring (bicyclic) bond motifs is 1. The van der Waals surface area contributed by atoms with Crippen LogP contribution in [0.25, 0.3) is 22.6 Å². The van der Waals surface area contributed by atoms with Crippen LogP contribution in [0.2, 0.25) is 0 Å². The Balaban J connectivity index is 1.29. The molecule has 0 aliphatic heterocycles. The molecule has 1 fully saturated rings. The smallest absolute Gasteiger partial charge is 0.227 e. The van der Waals surface area contributed by atoms with Crippen molar-refractivity contribution in [1.82, 2.24) is 24.5 Å². The summed E-state index contributed by atoms with van der Waals surface area (Å²) in [6, 6.07) is 9.25. The Hall–Kier alpha value is -4.21. The number of benzene rings is 1. The highest BCUT2D eigenvalue weighted by Gasteiger charge is 2.29. The number of imidazole rings is 1. The number of hydrogen-bond donors (Lipinski definition) is 2. The van der Waals surface area contributed by atoms with Crippen LogP contribution in [0, 0.1) is 5.92 Å². The summed E-state index contributed by atoms with van der Waals surface area (Å²) in [5, 5.41) is 3.01. The summed E-state index contributed by atoms with van der Waals surface area (Å²) in [6.07, 6.45) is 8.38. The van der Waals surface area contributed by atoms with Crippen molar-refractivity contribution in [3.05, 3.63) is 49.1 Å². The van der Waals surface area contributed by atoms with E-state index in [-0.39, 0.29) is 17.9 Å². The molecule has 10 nitrogen and oxygen atoms in total. The predicted octanol–water partition coefficient (Wildman–Crippen LogP) is 3.86. The third-order valence-corrected chi connectivity index (χ3v) is 6.50. The zero-order chi connectivity index (χ0) is 24.4. The van der Waals surface area contributed by atoms with E-state index in [0.717, 1.165) is 31.2 Å². The van der Waals surface area contributed by atoms with Gasteiger partial charge in [-0.1, -0.05) is 0 Å². The Labute approximate surface area is 202 Å². The van der Waals surface area contributed by atoms with Gasteiger partial charge in [0.25, 0.3) is 0 Å². The summed E-state index contributed by atoms with van der Waals surface area (Å²) in [4.78, 5) is 30.6. The monoisotopic (exact) mass is 473 g/mol. The lowest BCUT2D eigenvalue weighted by molar-refractivity contribution is -0.120. The van der Waals surface area contributed by atoms with Crippen molar-refractivity contribution in [2.45, 2.75) is 31.7 Å². The van der Waals surface area contributed by atoms with Gasteiger partial charge in [0.2, 0.25) is 5.91 Å². The van der Waals surface area contributed by atoms with E-state index in [0.29, 0.717) is 40.0 Å². The second-order valence-electron chi connectivity index (χ2n) is 8.56. The van der Waals surface area contributed by atoms with Crippen LogP contribution in [-0.4, -0.2) is 44.6 Å². The first kappa shape index (κ1) is 22.6. The lowest BCUT2D eigenvalue weighted by Crippen LogP contribution is -2.28. The molecule has 3 heterocycles. The number of aromatic nitrogens is 5. The molecule has 5 rings (SSSR count). The quantitative estimate of drug-likeness (QED) is 0.432. The second kappa shape index (κ2) is 9.57. The minimum Gasteiger partial charge on any atom is -0.493 e. The van der Waals surface area contributed by atoms with Gasteiger partial charge in [-0.25, -0.2) is 15.0 Å². The molecule has 0 radical (unpaired) electrons. The largest absolute Gasteiger partial charge is 0.493 e. The number of amides is 1. The fraction of sp³-hybridized carbons (Fsp3) is 0.320. The maximum atomic E-state index is 12.9. The van der Waals surface area contributed by atoms with E-state index < -0.39 is 0 Å². The molecular formula is C25H27N7O3. The SMILES string of the molecule is COc1ccc(NC(=O)[C@H]2CC[C@@H](n3cnc4c(N)nc(-c5ccncc5)nc43)CC2)cc1OC. The average molecular weight is 474 g/mol. The van der Waals surface area contributed by atoms with E-state index in [1.807, 2.05) is 18.2 Å². The minimum absolute atomic E-state index is 0.0118. The Morgan fingerprint density at radius 1 is 1.03 bits per heavy atom. The summed E-state index contributed by atoms with van der Waals surface area (Å²) >= 11 is 0. The number of nitrogen functional groups attached to an aromatic ring is 1. The summed E-state index contributed by atoms with van der Waals surface area (Å²) in [5.74, 6) is 2.04. The van der Waals surface area contributed by atoms with Crippen molar-refractivity contribution < 1.29 is 14.3 Å². The van der Waals surface area contributed by atoms with Crippen LogP contribution >= 0.6 is 0 Å². The Morgan fingerprint density at radius 3 is 2.49 bits per heavy atom. The number of nitrogens with zero attached hydrogens (tertiary/aromatic N) is 5. The number of anilines is 2. The molecule has 4 aromatic rings. The first-order valence-corrected chi connectivity index (χ1v) is 11.5. The van der Waals surface area contributed by atoms with Gasteiger partial charge in [-0.2, -0.15) is 0 Å². The first-order chi connectivity index (χ1) is 17.1. The third-order valence-electron chi connectivity index (χ3n) is 6.50. The van der Waals surface area contributed by atoms with Crippen molar-refractivity contribution in [1.29, 1.82) is 0 Å². The van der Waals surface area contributed by atoms with Gasteiger partial charge in [-0.3, -0.25) is 9.78 Å². The van der Waals surface area contributed by atoms with Crippen molar-refractivity contribution in [2.75, 3.05) is 25.3 Å². The number of nitrogens with two attached hydrogens (primary N) is 1. The minimum atomic E-state index is -0.0683. The molecule has 3 N–H and O–H groups in total. The van der Waals surface area contributed by atoms with Crippen molar-refractivity contribution >= 4 is 28.6 Å². The second-order valence-corrected chi connectivity index (χ2v) is 8.56. The van der Waals surface area contributed by atoms with Crippen LogP contribution in [-0.2, 0) is 4.79 Å². The predicted molar refractivity (Wildman–Crippen MR) is 132 cm³/mol. The number of ether oxygens (including phenoxy) is 2. The number of nitrogens with one attached hydrogen (secondary N) is 1. The zero-order valence-electron chi connectivity index (χ0n) is 19.6. The van der Waals surface area contributed by atoms with Gasteiger partial charge >= 0.3 is 0 Å². The van der Waals surface area contributed by atoms with Crippen molar-refractivity contribution in [2.24, 2.45) is 5.92 Å². The van der Waals surface area contributed by atoms with Crippen LogP contribution in [0.3, 0.4) is 0 Å². The highest BCUT2D eigenvalue weighted by molar-refractivity contribution is 5.93. The molecule has 1 aromatic carbocycles. The molecule has 1 saturated carbocycles. The molecule has 180 valence electrons. The molecule has 35 heavy (non-hydrogen) atoms. The van der Waals surface area contributed by atoms with Crippen molar-refractivity contribution in [3.63, 3.8) is 0 Å². The molecule has 10 heteroatoms. The van der Waals surface area contributed by atoms with Crippen LogP contribution in [0.15, 0.2) is 49.1 Å². The third kappa shape index (κ3) is 4.46. The van der Waals surface area contributed by atoms with Crippen LogP contribution in [0.4, 0.5) is 11.5 Å². The lowest BCUT2D eigenvalue weighted by atomic mass is 9.85. The van der Waals surface area contributed by atoms with Crippen molar-refractivity contribution in [3.8, 4) is 22.9 Å². The molecule has 0 spiro atoms. The van der Waals surface area contributed by atoms with Crippen LogP contribution in [0.5, 0.6) is 11.5 Å². The van der Waals surface area contributed by atoms with Gasteiger partial charge < -0.3 is 25.1 Å². The van der Waals surface area contributed by atoms with E-state index in [1.54, 1.807) is 45.1 Å². The fourth-order valence-electron chi connectivity index (χ4n) is 4.61. The number of carbonyl (C=O) groups excluding carboxylic acids is 1. The van der Waals surface area contributed by atoms with Gasteiger partial charge in [-0.05, 0) is 49.9 Å². The average Bonchev–Trinajstić information content (AvgIpc) is 3.34. The van der Waals surface area contributed by atoms with E-state index in [9.17, 15) is 4.79 Å². The summed E-state index contributed by atoms with van der Waals surface area (Å²) in [5.41, 5.74) is 9.03. The molecule has 1 aliphatic carbocycles. The summed E-state index contributed by atoms with van der Waals surface area (Å²) in [6.45, 7) is 0. The Kier molecular flexibility index (Phi) is 6.17. The molecule has 1 amide bonds. The highest BCUT2D eigenvalue weighted by atomic mass is 16.5. The molecule has 0 bridgehead atoms. The van der Waals surface area contributed by atoms with Gasteiger partial charge in [0, 0.05) is 41.7 Å².